The van der Waals surface area contributed by atoms with Gasteiger partial charge in [-0.1, -0.05) is 43.1 Å². The molecular weight excluding hydrogens is 232 g/mol. The Hall–Kier alpha value is -1.54. The van der Waals surface area contributed by atoms with Crippen LogP contribution in [0.5, 0.6) is 0 Å². The second-order valence-electron chi connectivity index (χ2n) is 4.25. The Morgan fingerprint density at radius 2 is 2.06 bits per heavy atom. The van der Waals surface area contributed by atoms with Crippen LogP contribution in [0.2, 0.25) is 5.15 Å². The number of aromatic nitrogens is 2. The molecule has 0 aliphatic heterocycles. The summed E-state index contributed by atoms with van der Waals surface area (Å²) in [5.41, 5.74) is 3.24. The molecule has 0 saturated heterocycles. The van der Waals surface area contributed by atoms with Crippen LogP contribution in [0.3, 0.4) is 0 Å². The van der Waals surface area contributed by atoms with Crippen LogP contribution in [0.1, 0.15) is 19.0 Å². The molecule has 0 atom stereocenters. The van der Waals surface area contributed by atoms with E-state index in [9.17, 15) is 0 Å². The first-order chi connectivity index (χ1) is 8.29. The number of para-hydroxylation sites is 1. The molecule has 1 N–H and O–H groups in total. The molecule has 0 amide bonds. The van der Waals surface area contributed by atoms with Crippen LogP contribution in [0.4, 0.5) is 0 Å². The second kappa shape index (κ2) is 4.04. The molecule has 0 saturated carbocycles. The minimum atomic E-state index is 0.600. The zero-order valence-corrected chi connectivity index (χ0v) is 10.4. The summed E-state index contributed by atoms with van der Waals surface area (Å²) in [5, 5.41) is 2.77. The van der Waals surface area contributed by atoms with E-state index in [0.717, 1.165) is 40.3 Å². The Bertz CT molecular complexity index is 685. The van der Waals surface area contributed by atoms with E-state index in [0.29, 0.717) is 5.15 Å². The summed E-state index contributed by atoms with van der Waals surface area (Å²) in [6.45, 7) is 2.14. The number of halogens is 1. The van der Waals surface area contributed by atoms with Gasteiger partial charge in [0.25, 0.3) is 0 Å². The number of fused-ring (bicyclic) bond motifs is 3. The van der Waals surface area contributed by atoms with Gasteiger partial charge >= 0.3 is 0 Å². The predicted molar refractivity (Wildman–Crippen MR) is 72.6 cm³/mol. The largest absolute Gasteiger partial charge is 0.354 e. The minimum Gasteiger partial charge on any atom is -0.354 e. The molecule has 3 heteroatoms. The zero-order valence-electron chi connectivity index (χ0n) is 9.63. The third-order valence-electron chi connectivity index (χ3n) is 3.00. The van der Waals surface area contributed by atoms with Crippen molar-refractivity contribution in [2.75, 3.05) is 0 Å². The average Bonchev–Trinajstić information content (AvgIpc) is 2.67. The highest BCUT2D eigenvalue weighted by molar-refractivity contribution is 6.36. The lowest BCUT2D eigenvalue weighted by Crippen LogP contribution is -1.89. The number of nitrogens with zero attached hydrogens (tertiary/aromatic N) is 1. The fraction of sp³-hybridized carbons (Fsp3) is 0.214. The van der Waals surface area contributed by atoms with Gasteiger partial charge in [0.15, 0.2) is 0 Å². The number of H-pyrrole nitrogens is 1. The third kappa shape index (κ3) is 1.69. The van der Waals surface area contributed by atoms with E-state index in [1.807, 2.05) is 12.1 Å². The molecule has 0 radical (unpaired) electrons. The summed E-state index contributed by atoms with van der Waals surface area (Å²) >= 11 is 6.29. The lowest BCUT2D eigenvalue weighted by molar-refractivity contribution is 0.886. The van der Waals surface area contributed by atoms with E-state index in [4.69, 9.17) is 11.6 Å². The van der Waals surface area contributed by atoms with Gasteiger partial charge in [0.05, 0.1) is 5.52 Å². The number of aryl methyl sites for hydroxylation is 1. The number of hydrogen-bond acceptors (Lipinski definition) is 1. The van der Waals surface area contributed by atoms with E-state index >= 15 is 0 Å². The van der Waals surface area contributed by atoms with Gasteiger partial charge < -0.3 is 4.98 Å². The molecule has 1 aromatic carbocycles. The highest BCUT2D eigenvalue weighted by Crippen LogP contribution is 2.30. The van der Waals surface area contributed by atoms with Crippen molar-refractivity contribution in [1.29, 1.82) is 0 Å². The molecule has 3 aromatic rings. The van der Waals surface area contributed by atoms with Gasteiger partial charge in [0.2, 0.25) is 0 Å². The Morgan fingerprint density at radius 1 is 1.24 bits per heavy atom. The number of benzene rings is 1. The van der Waals surface area contributed by atoms with Crippen molar-refractivity contribution in [3.05, 3.63) is 41.2 Å². The Labute approximate surface area is 105 Å². The fourth-order valence-electron chi connectivity index (χ4n) is 2.26. The summed E-state index contributed by atoms with van der Waals surface area (Å²) in [7, 11) is 0. The number of rotatable bonds is 2. The van der Waals surface area contributed by atoms with E-state index in [-0.39, 0.29) is 0 Å². The molecule has 0 spiro atoms. The number of hydrogen-bond donors (Lipinski definition) is 1. The van der Waals surface area contributed by atoms with Gasteiger partial charge in [0, 0.05) is 22.0 Å². The Kier molecular flexibility index (Phi) is 2.52. The van der Waals surface area contributed by atoms with Gasteiger partial charge in [-0.3, -0.25) is 0 Å². The second-order valence-corrected chi connectivity index (χ2v) is 4.61. The maximum atomic E-state index is 6.29. The topological polar surface area (TPSA) is 28.7 Å². The third-order valence-corrected chi connectivity index (χ3v) is 3.27. The van der Waals surface area contributed by atoms with E-state index < -0.39 is 0 Å². The first kappa shape index (κ1) is 10.6. The van der Waals surface area contributed by atoms with Crippen LogP contribution < -0.4 is 0 Å². The normalized spacial score (nSPS) is 11.4. The molecule has 0 aliphatic carbocycles. The quantitative estimate of drug-likeness (QED) is 0.668. The maximum absolute atomic E-state index is 6.29. The van der Waals surface area contributed by atoms with Crippen LogP contribution >= 0.6 is 11.6 Å². The predicted octanol–water partition coefficient (Wildman–Crippen LogP) is 4.32. The van der Waals surface area contributed by atoms with E-state index in [2.05, 4.69) is 35.1 Å². The zero-order chi connectivity index (χ0) is 11.8. The van der Waals surface area contributed by atoms with Crippen LogP contribution in [-0.4, -0.2) is 9.97 Å². The lowest BCUT2D eigenvalue weighted by Gasteiger charge is -2.00. The Balaban J connectivity index is 2.36. The molecule has 0 aliphatic rings. The summed E-state index contributed by atoms with van der Waals surface area (Å²) < 4.78 is 0. The molecular formula is C14H13ClN2. The monoisotopic (exact) mass is 244 g/mol. The van der Waals surface area contributed by atoms with Crippen molar-refractivity contribution in [2.24, 2.45) is 0 Å². The molecule has 0 bridgehead atoms. The lowest BCUT2D eigenvalue weighted by atomic mass is 10.1. The van der Waals surface area contributed by atoms with Crippen molar-refractivity contribution in [3.63, 3.8) is 0 Å². The standard InChI is InChI=1S/C14H13ClN2/c1-2-5-9-8-12-13(14(15)16-9)10-6-3-4-7-11(10)17-12/h3-4,6-8,17H,2,5H2,1H3. The smallest absolute Gasteiger partial charge is 0.139 e. The van der Waals surface area contributed by atoms with Crippen molar-refractivity contribution >= 4 is 33.4 Å². The molecule has 2 nitrogen and oxygen atoms in total. The van der Waals surface area contributed by atoms with Crippen LogP contribution in [0, 0.1) is 0 Å². The van der Waals surface area contributed by atoms with Crippen molar-refractivity contribution < 1.29 is 0 Å². The van der Waals surface area contributed by atoms with Crippen molar-refractivity contribution in [3.8, 4) is 0 Å². The molecule has 0 fully saturated rings. The Morgan fingerprint density at radius 3 is 2.88 bits per heavy atom. The van der Waals surface area contributed by atoms with Crippen LogP contribution in [-0.2, 0) is 6.42 Å². The van der Waals surface area contributed by atoms with Crippen molar-refractivity contribution in [2.45, 2.75) is 19.8 Å². The molecule has 2 heterocycles. The van der Waals surface area contributed by atoms with Crippen LogP contribution in [0.15, 0.2) is 30.3 Å². The summed E-state index contributed by atoms with van der Waals surface area (Å²) in [4.78, 5) is 7.85. The fourth-order valence-corrected chi connectivity index (χ4v) is 2.57. The van der Waals surface area contributed by atoms with Gasteiger partial charge in [-0.15, -0.1) is 0 Å². The average molecular weight is 245 g/mol. The first-order valence-electron chi connectivity index (χ1n) is 5.85. The van der Waals surface area contributed by atoms with Gasteiger partial charge in [0.1, 0.15) is 5.15 Å². The SMILES string of the molecule is CCCc1cc2[nH]c3ccccc3c2c(Cl)n1. The number of aromatic amines is 1. The summed E-state index contributed by atoms with van der Waals surface area (Å²) in [5.74, 6) is 0. The van der Waals surface area contributed by atoms with E-state index in [1.54, 1.807) is 0 Å². The summed E-state index contributed by atoms with van der Waals surface area (Å²) in [6.07, 6.45) is 2.04. The van der Waals surface area contributed by atoms with Gasteiger partial charge in [-0.25, -0.2) is 4.98 Å². The van der Waals surface area contributed by atoms with Gasteiger partial charge in [-0.2, -0.15) is 0 Å². The number of nitrogens with one attached hydrogen (secondary N) is 1. The number of pyridine rings is 1. The highest BCUT2D eigenvalue weighted by Gasteiger charge is 2.09. The maximum Gasteiger partial charge on any atom is 0.139 e. The highest BCUT2D eigenvalue weighted by atomic mass is 35.5. The molecule has 2 aromatic heterocycles. The molecule has 3 rings (SSSR count). The summed E-state index contributed by atoms with van der Waals surface area (Å²) in [6, 6.07) is 10.3. The van der Waals surface area contributed by atoms with Gasteiger partial charge in [-0.05, 0) is 18.6 Å². The van der Waals surface area contributed by atoms with E-state index in [1.165, 1.54) is 0 Å². The molecule has 86 valence electrons. The molecule has 17 heavy (non-hydrogen) atoms. The van der Waals surface area contributed by atoms with Crippen molar-refractivity contribution in [1.82, 2.24) is 9.97 Å². The van der Waals surface area contributed by atoms with Crippen LogP contribution in [0.25, 0.3) is 21.8 Å². The first-order valence-corrected chi connectivity index (χ1v) is 6.23. The molecule has 0 unspecified atom stereocenters. The minimum absolute atomic E-state index is 0.600.